The van der Waals surface area contributed by atoms with Gasteiger partial charge in [-0.3, -0.25) is 4.79 Å². The fourth-order valence-electron chi connectivity index (χ4n) is 2.51. The van der Waals surface area contributed by atoms with E-state index in [1.807, 2.05) is 65.0 Å². The van der Waals surface area contributed by atoms with Crippen LogP contribution in [0.25, 0.3) is 0 Å². The lowest BCUT2D eigenvalue weighted by molar-refractivity contribution is -0.122. The summed E-state index contributed by atoms with van der Waals surface area (Å²) < 4.78 is 5.94. The van der Waals surface area contributed by atoms with Gasteiger partial charge in [-0.15, -0.1) is 0 Å². The Labute approximate surface area is 138 Å². The van der Waals surface area contributed by atoms with Crippen LogP contribution in [0.15, 0.2) is 36.4 Å². The van der Waals surface area contributed by atoms with E-state index in [2.05, 4.69) is 11.4 Å². The molecule has 0 saturated heterocycles. The highest BCUT2D eigenvalue weighted by Gasteiger charge is 2.20. The molecule has 0 unspecified atom stereocenters. The minimum absolute atomic E-state index is 0.110. The van der Waals surface area contributed by atoms with Crippen molar-refractivity contribution in [2.24, 2.45) is 0 Å². The van der Waals surface area contributed by atoms with Gasteiger partial charge < -0.3 is 10.1 Å². The van der Waals surface area contributed by atoms with Crippen molar-refractivity contribution in [2.45, 2.75) is 47.1 Å². The van der Waals surface area contributed by atoms with Crippen molar-refractivity contribution in [3.63, 3.8) is 0 Å². The third-order valence-electron chi connectivity index (χ3n) is 4.13. The van der Waals surface area contributed by atoms with Crippen molar-refractivity contribution in [2.75, 3.05) is 5.32 Å². The first kappa shape index (κ1) is 17.1. The molecular formula is C20H25NO2. The van der Waals surface area contributed by atoms with Crippen LogP contribution >= 0.6 is 0 Å². The van der Waals surface area contributed by atoms with Crippen LogP contribution in [0.4, 0.5) is 5.69 Å². The van der Waals surface area contributed by atoms with Gasteiger partial charge in [-0.1, -0.05) is 36.8 Å². The zero-order chi connectivity index (χ0) is 17.0. The molecule has 0 bridgehead atoms. The van der Waals surface area contributed by atoms with Gasteiger partial charge in [-0.05, 0) is 62.9 Å². The maximum absolute atomic E-state index is 12.6. The number of carbonyl (C=O) groups excluding carboxylic acids is 1. The van der Waals surface area contributed by atoms with Gasteiger partial charge in [0.2, 0.25) is 0 Å². The molecule has 0 fully saturated rings. The second-order valence-corrected chi connectivity index (χ2v) is 6.02. The van der Waals surface area contributed by atoms with Crippen molar-refractivity contribution >= 4 is 11.6 Å². The Morgan fingerprint density at radius 2 is 1.83 bits per heavy atom. The summed E-state index contributed by atoms with van der Waals surface area (Å²) in [7, 11) is 0. The topological polar surface area (TPSA) is 38.3 Å². The van der Waals surface area contributed by atoms with E-state index in [-0.39, 0.29) is 5.91 Å². The molecule has 0 aliphatic heterocycles. The van der Waals surface area contributed by atoms with Crippen LogP contribution in [0.2, 0.25) is 0 Å². The van der Waals surface area contributed by atoms with Crippen LogP contribution in [0.1, 0.15) is 35.6 Å². The molecule has 1 atom stereocenters. The van der Waals surface area contributed by atoms with Gasteiger partial charge in [-0.2, -0.15) is 0 Å². The highest BCUT2D eigenvalue weighted by atomic mass is 16.5. The Hall–Kier alpha value is -2.29. The van der Waals surface area contributed by atoms with E-state index in [0.717, 1.165) is 28.1 Å². The standard InChI is InChI=1S/C20H25NO2/c1-6-18(23-19-11-10-13(2)12-15(19)4)20(22)21-17-9-7-8-14(3)16(17)5/h7-12,18H,6H2,1-5H3,(H,21,22)/t18-/m1/s1. The van der Waals surface area contributed by atoms with E-state index in [0.29, 0.717) is 6.42 Å². The van der Waals surface area contributed by atoms with E-state index in [1.54, 1.807) is 0 Å². The summed E-state index contributed by atoms with van der Waals surface area (Å²) >= 11 is 0. The Bertz CT molecular complexity index is 707. The number of hydrogen-bond donors (Lipinski definition) is 1. The number of rotatable bonds is 5. The second kappa shape index (κ2) is 7.32. The highest BCUT2D eigenvalue weighted by Crippen LogP contribution is 2.22. The summed E-state index contributed by atoms with van der Waals surface area (Å²) in [4.78, 5) is 12.6. The number of hydrogen-bond acceptors (Lipinski definition) is 2. The van der Waals surface area contributed by atoms with E-state index < -0.39 is 6.10 Å². The van der Waals surface area contributed by atoms with Gasteiger partial charge in [-0.25, -0.2) is 0 Å². The fourth-order valence-corrected chi connectivity index (χ4v) is 2.51. The normalized spacial score (nSPS) is 11.9. The first-order chi connectivity index (χ1) is 10.9. The molecule has 122 valence electrons. The summed E-state index contributed by atoms with van der Waals surface area (Å²) in [6.45, 7) is 10.0. The van der Waals surface area contributed by atoms with Gasteiger partial charge >= 0.3 is 0 Å². The molecule has 0 aliphatic carbocycles. The molecule has 2 aromatic rings. The summed E-state index contributed by atoms with van der Waals surface area (Å²) in [5, 5.41) is 2.99. The number of benzene rings is 2. The fraction of sp³-hybridized carbons (Fsp3) is 0.350. The number of aryl methyl sites for hydroxylation is 3. The summed E-state index contributed by atoms with van der Waals surface area (Å²) in [5.41, 5.74) is 5.32. The molecule has 0 aromatic heterocycles. The molecule has 3 nitrogen and oxygen atoms in total. The third-order valence-corrected chi connectivity index (χ3v) is 4.13. The number of carbonyl (C=O) groups is 1. The summed E-state index contributed by atoms with van der Waals surface area (Å²) in [6, 6.07) is 11.9. The molecule has 0 heterocycles. The van der Waals surface area contributed by atoms with Crippen molar-refractivity contribution in [3.05, 3.63) is 58.7 Å². The van der Waals surface area contributed by atoms with E-state index in [4.69, 9.17) is 4.74 Å². The van der Waals surface area contributed by atoms with Gasteiger partial charge in [0, 0.05) is 5.69 Å². The van der Waals surface area contributed by atoms with Crippen LogP contribution in [0.3, 0.4) is 0 Å². The Kier molecular flexibility index (Phi) is 5.43. The van der Waals surface area contributed by atoms with Crippen LogP contribution in [0.5, 0.6) is 5.75 Å². The molecule has 3 heteroatoms. The molecule has 1 amide bonds. The maximum Gasteiger partial charge on any atom is 0.265 e. The lowest BCUT2D eigenvalue weighted by Gasteiger charge is -2.20. The minimum atomic E-state index is -0.503. The smallest absolute Gasteiger partial charge is 0.265 e. The predicted octanol–water partition coefficient (Wildman–Crippen LogP) is 4.72. The van der Waals surface area contributed by atoms with Crippen molar-refractivity contribution < 1.29 is 9.53 Å². The number of anilines is 1. The third kappa shape index (κ3) is 4.13. The number of amides is 1. The second-order valence-electron chi connectivity index (χ2n) is 6.02. The van der Waals surface area contributed by atoms with Gasteiger partial charge in [0.05, 0.1) is 0 Å². The van der Waals surface area contributed by atoms with Crippen molar-refractivity contribution in [1.29, 1.82) is 0 Å². The molecule has 0 spiro atoms. The zero-order valence-corrected chi connectivity index (χ0v) is 14.6. The van der Waals surface area contributed by atoms with Crippen LogP contribution in [-0.2, 0) is 4.79 Å². The molecule has 0 saturated carbocycles. The predicted molar refractivity (Wildman–Crippen MR) is 95.2 cm³/mol. The highest BCUT2D eigenvalue weighted by molar-refractivity contribution is 5.95. The molecule has 0 radical (unpaired) electrons. The summed E-state index contributed by atoms with van der Waals surface area (Å²) in [6.07, 6.45) is 0.112. The van der Waals surface area contributed by atoms with E-state index in [9.17, 15) is 4.79 Å². The quantitative estimate of drug-likeness (QED) is 0.868. The zero-order valence-electron chi connectivity index (χ0n) is 14.6. The monoisotopic (exact) mass is 311 g/mol. The first-order valence-electron chi connectivity index (χ1n) is 8.03. The lowest BCUT2D eigenvalue weighted by atomic mass is 10.1. The Morgan fingerprint density at radius 3 is 2.48 bits per heavy atom. The average Bonchev–Trinajstić information content (AvgIpc) is 2.51. The van der Waals surface area contributed by atoms with E-state index in [1.165, 1.54) is 5.56 Å². The van der Waals surface area contributed by atoms with Crippen LogP contribution < -0.4 is 10.1 Å². The molecule has 2 rings (SSSR count). The molecule has 0 aliphatic rings. The van der Waals surface area contributed by atoms with Gasteiger partial charge in [0.1, 0.15) is 5.75 Å². The molecule has 1 N–H and O–H groups in total. The average molecular weight is 311 g/mol. The molecule has 23 heavy (non-hydrogen) atoms. The molecular weight excluding hydrogens is 286 g/mol. The van der Waals surface area contributed by atoms with Crippen molar-refractivity contribution in [1.82, 2.24) is 0 Å². The maximum atomic E-state index is 12.6. The van der Waals surface area contributed by atoms with Gasteiger partial charge in [0.25, 0.3) is 5.91 Å². The summed E-state index contributed by atoms with van der Waals surface area (Å²) in [5.74, 6) is 0.653. The lowest BCUT2D eigenvalue weighted by Crippen LogP contribution is -2.32. The first-order valence-corrected chi connectivity index (χ1v) is 8.03. The molecule has 2 aromatic carbocycles. The number of nitrogens with one attached hydrogen (secondary N) is 1. The van der Waals surface area contributed by atoms with Crippen LogP contribution in [0, 0.1) is 27.7 Å². The Morgan fingerprint density at radius 1 is 1.09 bits per heavy atom. The number of ether oxygens (including phenoxy) is 1. The van der Waals surface area contributed by atoms with Gasteiger partial charge in [0.15, 0.2) is 6.10 Å². The minimum Gasteiger partial charge on any atom is -0.480 e. The largest absolute Gasteiger partial charge is 0.480 e. The SMILES string of the molecule is CC[C@@H](Oc1ccc(C)cc1C)C(=O)Nc1cccc(C)c1C. The van der Waals surface area contributed by atoms with Crippen molar-refractivity contribution in [3.8, 4) is 5.75 Å². The Balaban J connectivity index is 2.14. The van der Waals surface area contributed by atoms with Crippen LogP contribution in [-0.4, -0.2) is 12.0 Å². The van der Waals surface area contributed by atoms with E-state index >= 15 is 0 Å².